The van der Waals surface area contributed by atoms with Crippen LogP contribution in [0.4, 0.5) is 0 Å². The molecule has 0 unspecified atom stereocenters. The molecule has 0 bridgehead atoms. The van der Waals surface area contributed by atoms with E-state index in [9.17, 15) is 0 Å². The molecule has 2 rings (SSSR count). The Bertz CT molecular complexity index is 306. The van der Waals surface area contributed by atoms with E-state index in [-0.39, 0.29) is 0 Å². The van der Waals surface area contributed by atoms with Crippen LogP contribution in [0, 0.1) is 0 Å². The summed E-state index contributed by atoms with van der Waals surface area (Å²) in [5.41, 5.74) is 1.09. The number of halogens is 2. The maximum atomic E-state index is 5.67. The van der Waals surface area contributed by atoms with Gasteiger partial charge in [0.05, 0.1) is 17.6 Å². The molecule has 1 aliphatic rings. The quantitative estimate of drug-likeness (QED) is 0.590. The number of ether oxygens (including phenoxy) is 2. The van der Waals surface area contributed by atoms with Crippen molar-refractivity contribution in [3.05, 3.63) is 34.3 Å². The van der Waals surface area contributed by atoms with E-state index < -0.39 is 5.79 Å². The van der Waals surface area contributed by atoms with Crippen LogP contribution in [0.5, 0.6) is 0 Å². The molecule has 1 aromatic rings. The summed E-state index contributed by atoms with van der Waals surface area (Å²) in [6.07, 6.45) is 0. The van der Waals surface area contributed by atoms with E-state index in [1.54, 1.807) is 0 Å². The lowest BCUT2D eigenvalue weighted by Gasteiger charge is -2.25. The van der Waals surface area contributed by atoms with Crippen LogP contribution in [0.15, 0.2) is 28.7 Å². The van der Waals surface area contributed by atoms with Crippen molar-refractivity contribution in [2.45, 2.75) is 5.79 Å². The predicted molar refractivity (Wildman–Crippen MR) is 66.6 cm³/mol. The van der Waals surface area contributed by atoms with Crippen LogP contribution < -0.4 is 0 Å². The molecule has 0 saturated carbocycles. The monoisotopic (exact) mass is 368 g/mol. The standard InChI is InChI=1S/C10H10BrIO2/c11-9-3-1-8(2-4-9)10(7-12)13-5-6-14-10/h1-4H,5-7H2. The summed E-state index contributed by atoms with van der Waals surface area (Å²) in [5, 5.41) is 0. The lowest BCUT2D eigenvalue weighted by atomic mass is 10.1. The summed E-state index contributed by atoms with van der Waals surface area (Å²) in [5.74, 6) is -0.513. The summed E-state index contributed by atoms with van der Waals surface area (Å²) < 4.78 is 13.2. The molecule has 1 saturated heterocycles. The Balaban J connectivity index is 2.31. The molecule has 0 radical (unpaired) electrons. The Kier molecular flexibility index (Phi) is 3.46. The van der Waals surface area contributed by atoms with Gasteiger partial charge in [-0.05, 0) is 12.1 Å². The highest BCUT2D eigenvalue weighted by Gasteiger charge is 2.37. The minimum Gasteiger partial charge on any atom is -0.343 e. The number of alkyl halides is 1. The van der Waals surface area contributed by atoms with Crippen molar-refractivity contribution >= 4 is 38.5 Å². The summed E-state index contributed by atoms with van der Waals surface area (Å²) in [4.78, 5) is 0. The van der Waals surface area contributed by atoms with Gasteiger partial charge in [0.15, 0.2) is 0 Å². The third-order valence-electron chi connectivity index (χ3n) is 2.21. The Labute approximate surface area is 105 Å². The molecule has 0 N–H and O–H groups in total. The van der Waals surface area contributed by atoms with E-state index in [0.717, 1.165) is 14.5 Å². The van der Waals surface area contributed by atoms with Crippen molar-refractivity contribution in [3.63, 3.8) is 0 Å². The van der Waals surface area contributed by atoms with Crippen LogP contribution in [0.2, 0.25) is 0 Å². The molecule has 0 aromatic heterocycles. The van der Waals surface area contributed by atoms with Crippen molar-refractivity contribution in [2.75, 3.05) is 17.6 Å². The number of hydrogen-bond donors (Lipinski definition) is 0. The van der Waals surface area contributed by atoms with Gasteiger partial charge < -0.3 is 9.47 Å². The molecule has 0 atom stereocenters. The predicted octanol–water partition coefficient (Wildman–Crippen LogP) is 3.08. The molecule has 1 heterocycles. The molecule has 4 heteroatoms. The number of rotatable bonds is 2. The fourth-order valence-corrected chi connectivity index (χ4v) is 2.62. The minimum atomic E-state index is -0.513. The average Bonchev–Trinajstić information content (AvgIpc) is 2.68. The fraction of sp³-hybridized carbons (Fsp3) is 0.400. The summed E-state index contributed by atoms with van der Waals surface area (Å²) in [7, 11) is 0. The largest absolute Gasteiger partial charge is 0.343 e. The molecule has 1 aliphatic heterocycles. The maximum absolute atomic E-state index is 5.67. The Morgan fingerprint density at radius 3 is 2.29 bits per heavy atom. The van der Waals surface area contributed by atoms with Gasteiger partial charge in [-0.15, -0.1) is 0 Å². The van der Waals surface area contributed by atoms with Gasteiger partial charge in [0.25, 0.3) is 0 Å². The van der Waals surface area contributed by atoms with Gasteiger partial charge in [-0.1, -0.05) is 50.7 Å². The SMILES string of the molecule is Brc1ccc(C2(CI)OCCO2)cc1. The second-order valence-corrected chi connectivity index (χ2v) is 4.77. The molecule has 0 spiro atoms. The highest BCUT2D eigenvalue weighted by molar-refractivity contribution is 14.1. The lowest BCUT2D eigenvalue weighted by molar-refractivity contribution is -0.142. The number of hydrogen-bond acceptors (Lipinski definition) is 2. The van der Waals surface area contributed by atoms with Gasteiger partial charge in [-0.3, -0.25) is 0 Å². The molecule has 1 fully saturated rings. The summed E-state index contributed by atoms with van der Waals surface area (Å²) >= 11 is 5.70. The van der Waals surface area contributed by atoms with Gasteiger partial charge in [-0.2, -0.15) is 0 Å². The van der Waals surface area contributed by atoms with Crippen LogP contribution in [0.25, 0.3) is 0 Å². The molecule has 2 nitrogen and oxygen atoms in total. The lowest BCUT2D eigenvalue weighted by Crippen LogP contribution is -2.28. The van der Waals surface area contributed by atoms with Crippen molar-refractivity contribution in [1.82, 2.24) is 0 Å². The van der Waals surface area contributed by atoms with Crippen LogP contribution in [0.1, 0.15) is 5.56 Å². The zero-order valence-corrected chi connectivity index (χ0v) is 11.2. The molecule has 14 heavy (non-hydrogen) atoms. The fourth-order valence-electron chi connectivity index (χ4n) is 1.48. The molecule has 1 aromatic carbocycles. The van der Waals surface area contributed by atoms with Crippen molar-refractivity contribution in [2.24, 2.45) is 0 Å². The van der Waals surface area contributed by atoms with E-state index >= 15 is 0 Å². The normalized spacial score (nSPS) is 19.9. The molecular formula is C10H10BrIO2. The highest BCUT2D eigenvalue weighted by Crippen LogP contribution is 2.33. The second-order valence-electron chi connectivity index (χ2n) is 3.09. The van der Waals surface area contributed by atoms with Crippen molar-refractivity contribution in [1.29, 1.82) is 0 Å². The third-order valence-corrected chi connectivity index (χ3v) is 3.75. The first-order chi connectivity index (χ1) is 6.77. The second kappa shape index (κ2) is 4.47. The summed E-state index contributed by atoms with van der Waals surface area (Å²) in [6.45, 7) is 1.36. The van der Waals surface area contributed by atoms with E-state index in [1.807, 2.05) is 24.3 Å². The van der Waals surface area contributed by atoms with Gasteiger partial charge in [0.2, 0.25) is 5.79 Å². The Morgan fingerprint density at radius 2 is 1.79 bits per heavy atom. The topological polar surface area (TPSA) is 18.5 Å². The van der Waals surface area contributed by atoms with Crippen molar-refractivity contribution in [3.8, 4) is 0 Å². The van der Waals surface area contributed by atoms with Crippen LogP contribution >= 0.6 is 38.5 Å². The van der Waals surface area contributed by atoms with Crippen LogP contribution in [-0.2, 0) is 15.3 Å². The first-order valence-corrected chi connectivity index (χ1v) is 6.69. The zero-order chi connectivity index (χ0) is 10.0. The van der Waals surface area contributed by atoms with Crippen molar-refractivity contribution < 1.29 is 9.47 Å². The van der Waals surface area contributed by atoms with Gasteiger partial charge in [-0.25, -0.2) is 0 Å². The molecule has 0 aliphatic carbocycles. The van der Waals surface area contributed by atoms with Gasteiger partial charge >= 0.3 is 0 Å². The highest BCUT2D eigenvalue weighted by atomic mass is 127. The first kappa shape index (κ1) is 10.9. The van der Waals surface area contributed by atoms with Crippen LogP contribution in [0.3, 0.4) is 0 Å². The van der Waals surface area contributed by atoms with Gasteiger partial charge in [0, 0.05) is 10.0 Å². The van der Waals surface area contributed by atoms with E-state index in [4.69, 9.17) is 9.47 Å². The Hall–Kier alpha value is 0.350. The minimum absolute atomic E-state index is 0.513. The van der Waals surface area contributed by atoms with Crippen LogP contribution in [-0.4, -0.2) is 17.6 Å². The third kappa shape index (κ3) is 1.98. The van der Waals surface area contributed by atoms with E-state index in [2.05, 4.69) is 38.5 Å². The average molecular weight is 369 g/mol. The zero-order valence-electron chi connectivity index (χ0n) is 7.50. The number of benzene rings is 1. The summed E-state index contributed by atoms with van der Waals surface area (Å²) in [6, 6.07) is 8.09. The van der Waals surface area contributed by atoms with E-state index in [1.165, 1.54) is 0 Å². The first-order valence-electron chi connectivity index (χ1n) is 4.37. The maximum Gasteiger partial charge on any atom is 0.204 e. The Morgan fingerprint density at radius 1 is 1.21 bits per heavy atom. The van der Waals surface area contributed by atoms with E-state index in [0.29, 0.717) is 13.2 Å². The molecule has 76 valence electrons. The smallest absolute Gasteiger partial charge is 0.204 e. The molecular weight excluding hydrogens is 359 g/mol. The molecule has 0 amide bonds. The van der Waals surface area contributed by atoms with Gasteiger partial charge in [0.1, 0.15) is 0 Å².